The molecule has 3 aromatic heterocycles. The Bertz CT molecular complexity index is 1180. The Labute approximate surface area is 164 Å². The van der Waals surface area contributed by atoms with Crippen LogP contribution in [0.3, 0.4) is 0 Å². The van der Waals surface area contributed by atoms with Gasteiger partial charge in [-0.05, 0) is 31.2 Å². The molecule has 7 nitrogen and oxygen atoms in total. The normalized spacial score (nSPS) is 12.1. The molecule has 3 heterocycles. The summed E-state index contributed by atoms with van der Waals surface area (Å²) < 4.78 is 40.4. The van der Waals surface area contributed by atoms with Crippen molar-refractivity contribution in [1.29, 1.82) is 0 Å². The van der Waals surface area contributed by atoms with Gasteiger partial charge in [0.15, 0.2) is 17.4 Å². The standard InChI is InChI=1S/C20H17F2N5O2/c1-11(18-15(27-7-3-6-24-27)4-5-17(25-18)28-2)29-16-9-12-8-13(21)10-14(22)19(12)26-20(16)23/h3-11H,1-2H3,(H2,23,26). The third-order valence-electron chi connectivity index (χ3n) is 4.35. The second-order valence-electron chi connectivity index (χ2n) is 6.30. The molecule has 0 amide bonds. The minimum atomic E-state index is -0.790. The lowest BCUT2D eigenvalue weighted by Gasteiger charge is -2.19. The number of rotatable bonds is 5. The Hall–Kier alpha value is -3.75. The zero-order valence-electron chi connectivity index (χ0n) is 15.6. The highest BCUT2D eigenvalue weighted by Crippen LogP contribution is 2.32. The van der Waals surface area contributed by atoms with Crippen LogP contribution < -0.4 is 15.2 Å². The lowest BCUT2D eigenvalue weighted by molar-refractivity contribution is 0.221. The predicted molar refractivity (Wildman–Crippen MR) is 103 cm³/mol. The van der Waals surface area contributed by atoms with Crippen molar-refractivity contribution in [2.45, 2.75) is 13.0 Å². The molecule has 0 radical (unpaired) electrons. The van der Waals surface area contributed by atoms with Crippen LogP contribution in [0.4, 0.5) is 14.6 Å². The third-order valence-corrected chi connectivity index (χ3v) is 4.35. The summed E-state index contributed by atoms with van der Waals surface area (Å²) in [4.78, 5) is 8.49. The summed E-state index contributed by atoms with van der Waals surface area (Å²) in [6, 6.07) is 8.68. The van der Waals surface area contributed by atoms with Gasteiger partial charge in [-0.2, -0.15) is 5.10 Å². The van der Waals surface area contributed by atoms with Crippen molar-refractivity contribution in [3.63, 3.8) is 0 Å². The summed E-state index contributed by atoms with van der Waals surface area (Å²) in [6.07, 6.45) is 2.83. The molecule has 0 bridgehead atoms. The second kappa shape index (κ2) is 7.34. The molecule has 4 rings (SSSR count). The fourth-order valence-corrected chi connectivity index (χ4v) is 3.01. The monoisotopic (exact) mass is 397 g/mol. The largest absolute Gasteiger partial charge is 0.481 e. The number of halogens is 2. The van der Waals surface area contributed by atoms with E-state index in [1.807, 2.05) is 0 Å². The third kappa shape index (κ3) is 3.54. The number of aromatic nitrogens is 4. The van der Waals surface area contributed by atoms with E-state index in [9.17, 15) is 8.78 Å². The number of nitrogens with zero attached hydrogens (tertiary/aromatic N) is 4. The molecule has 0 spiro atoms. The van der Waals surface area contributed by atoms with E-state index in [0.29, 0.717) is 17.3 Å². The highest BCUT2D eigenvalue weighted by molar-refractivity contribution is 5.83. The molecule has 0 saturated carbocycles. The first-order valence-electron chi connectivity index (χ1n) is 8.73. The molecule has 0 aliphatic heterocycles. The van der Waals surface area contributed by atoms with Crippen LogP contribution in [0.15, 0.2) is 48.8 Å². The van der Waals surface area contributed by atoms with E-state index >= 15 is 0 Å². The molecule has 1 unspecified atom stereocenters. The Kier molecular flexibility index (Phi) is 4.71. The zero-order valence-corrected chi connectivity index (χ0v) is 15.6. The summed E-state index contributed by atoms with van der Waals surface area (Å²) >= 11 is 0. The van der Waals surface area contributed by atoms with E-state index in [1.54, 1.807) is 42.2 Å². The number of hydrogen-bond donors (Lipinski definition) is 1. The average molecular weight is 397 g/mol. The molecular weight excluding hydrogens is 380 g/mol. The maximum atomic E-state index is 13.9. The van der Waals surface area contributed by atoms with Crippen LogP contribution in [0.1, 0.15) is 18.7 Å². The first-order valence-corrected chi connectivity index (χ1v) is 8.73. The Morgan fingerprint density at radius 2 is 1.97 bits per heavy atom. The number of nitrogens with two attached hydrogens (primary N) is 1. The molecule has 0 aliphatic rings. The van der Waals surface area contributed by atoms with Crippen molar-refractivity contribution in [2.75, 3.05) is 12.8 Å². The number of nitrogen functional groups attached to an aromatic ring is 1. The van der Waals surface area contributed by atoms with Gasteiger partial charge in [0.05, 0.1) is 12.8 Å². The van der Waals surface area contributed by atoms with Gasteiger partial charge in [0.25, 0.3) is 0 Å². The number of methoxy groups -OCH3 is 1. The van der Waals surface area contributed by atoms with E-state index in [1.165, 1.54) is 19.2 Å². The van der Waals surface area contributed by atoms with Gasteiger partial charge in [-0.3, -0.25) is 0 Å². The molecule has 9 heteroatoms. The van der Waals surface area contributed by atoms with Gasteiger partial charge in [0.2, 0.25) is 5.88 Å². The molecule has 2 N–H and O–H groups in total. The van der Waals surface area contributed by atoms with Gasteiger partial charge in [0, 0.05) is 29.9 Å². The zero-order chi connectivity index (χ0) is 20.5. The smallest absolute Gasteiger partial charge is 0.213 e. The molecule has 148 valence electrons. The lowest BCUT2D eigenvalue weighted by atomic mass is 10.2. The minimum Gasteiger partial charge on any atom is -0.481 e. The van der Waals surface area contributed by atoms with E-state index < -0.39 is 17.7 Å². The first-order chi connectivity index (χ1) is 14.0. The highest BCUT2D eigenvalue weighted by Gasteiger charge is 2.19. The molecule has 0 fully saturated rings. The molecule has 0 aliphatic carbocycles. The van der Waals surface area contributed by atoms with Crippen molar-refractivity contribution in [2.24, 2.45) is 0 Å². The topological polar surface area (TPSA) is 88.1 Å². The van der Waals surface area contributed by atoms with Crippen molar-refractivity contribution in [3.8, 4) is 17.3 Å². The SMILES string of the molecule is COc1ccc(-n2cccn2)c(C(C)Oc2cc3cc(F)cc(F)c3nc2N)n1. The number of benzene rings is 1. The van der Waals surface area contributed by atoms with Crippen LogP contribution in [-0.4, -0.2) is 26.9 Å². The maximum absolute atomic E-state index is 13.9. The Morgan fingerprint density at radius 3 is 2.69 bits per heavy atom. The molecule has 0 saturated heterocycles. The minimum absolute atomic E-state index is 0.0154. The number of anilines is 1. The fourth-order valence-electron chi connectivity index (χ4n) is 3.01. The van der Waals surface area contributed by atoms with Crippen LogP contribution >= 0.6 is 0 Å². The van der Waals surface area contributed by atoms with Gasteiger partial charge in [-0.1, -0.05) is 0 Å². The van der Waals surface area contributed by atoms with Gasteiger partial charge in [-0.25, -0.2) is 23.4 Å². The first kappa shape index (κ1) is 18.6. The summed E-state index contributed by atoms with van der Waals surface area (Å²) in [5.41, 5.74) is 7.15. The number of hydrogen-bond acceptors (Lipinski definition) is 6. The highest BCUT2D eigenvalue weighted by atomic mass is 19.1. The second-order valence-corrected chi connectivity index (χ2v) is 6.30. The van der Waals surface area contributed by atoms with Crippen LogP contribution in [0.5, 0.6) is 11.6 Å². The fraction of sp³-hybridized carbons (Fsp3) is 0.150. The van der Waals surface area contributed by atoms with Crippen molar-refractivity contribution in [1.82, 2.24) is 19.7 Å². The Morgan fingerprint density at radius 1 is 1.14 bits per heavy atom. The lowest BCUT2D eigenvalue weighted by Crippen LogP contribution is -2.12. The van der Waals surface area contributed by atoms with Crippen molar-refractivity contribution >= 4 is 16.7 Å². The Balaban J connectivity index is 1.75. The van der Waals surface area contributed by atoms with Crippen LogP contribution in [0.25, 0.3) is 16.6 Å². The number of ether oxygens (including phenoxy) is 2. The van der Waals surface area contributed by atoms with Gasteiger partial charge >= 0.3 is 0 Å². The van der Waals surface area contributed by atoms with Crippen LogP contribution in [0, 0.1) is 11.6 Å². The maximum Gasteiger partial charge on any atom is 0.213 e. The summed E-state index contributed by atoms with van der Waals surface area (Å²) in [7, 11) is 1.51. The molecule has 1 aromatic carbocycles. The molecular formula is C20H17F2N5O2. The predicted octanol–water partition coefficient (Wildman–Crippen LogP) is 3.82. The van der Waals surface area contributed by atoms with Gasteiger partial charge < -0.3 is 15.2 Å². The van der Waals surface area contributed by atoms with Crippen LogP contribution in [0.2, 0.25) is 0 Å². The van der Waals surface area contributed by atoms with Crippen molar-refractivity contribution < 1.29 is 18.3 Å². The summed E-state index contributed by atoms with van der Waals surface area (Å²) in [5, 5.41) is 4.47. The van der Waals surface area contributed by atoms with Gasteiger partial charge in [0.1, 0.15) is 23.1 Å². The quantitative estimate of drug-likeness (QED) is 0.551. The average Bonchev–Trinajstić information content (AvgIpc) is 3.23. The number of fused-ring (bicyclic) bond motifs is 1. The van der Waals surface area contributed by atoms with E-state index in [2.05, 4.69) is 15.1 Å². The molecule has 29 heavy (non-hydrogen) atoms. The molecule has 4 aromatic rings. The number of pyridine rings is 2. The van der Waals surface area contributed by atoms with E-state index in [4.69, 9.17) is 15.2 Å². The van der Waals surface area contributed by atoms with Crippen molar-refractivity contribution in [3.05, 3.63) is 66.1 Å². The summed E-state index contributed by atoms with van der Waals surface area (Å²) in [6.45, 7) is 1.77. The summed E-state index contributed by atoms with van der Waals surface area (Å²) in [5.74, 6) is -0.928. The molecule has 1 atom stereocenters. The van der Waals surface area contributed by atoms with Crippen LogP contribution in [-0.2, 0) is 0 Å². The van der Waals surface area contributed by atoms with E-state index in [0.717, 1.165) is 6.07 Å². The van der Waals surface area contributed by atoms with E-state index in [-0.39, 0.29) is 22.5 Å². The van der Waals surface area contributed by atoms with Gasteiger partial charge in [-0.15, -0.1) is 0 Å².